The van der Waals surface area contributed by atoms with E-state index >= 15 is 0 Å². The fraction of sp³-hybridized carbons (Fsp3) is 0.133. The molecule has 0 atom stereocenters. The molecule has 0 aliphatic rings. The maximum Gasteiger partial charge on any atom is 1.00 e. The third-order valence-electron chi connectivity index (χ3n) is 4.85. The molecule has 4 aromatic rings. The van der Waals surface area contributed by atoms with E-state index in [1.165, 1.54) is 44.4 Å². The van der Waals surface area contributed by atoms with Crippen LogP contribution in [0.3, 0.4) is 0 Å². The molecule has 0 saturated carbocycles. The molecule has 0 fully saturated rings. The Bertz CT molecular complexity index is 1500. The Balaban J connectivity index is 0.000000723. The van der Waals surface area contributed by atoms with E-state index in [9.17, 15) is 9.59 Å². The van der Waals surface area contributed by atoms with Crippen LogP contribution in [-0.2, 0) is 28.5 Å². The standard InChI is InChI=1S/C15H13ClN2O4.C11H11O3.C4H2Cl2N2.Na.H2O/c1-20-7-11(8-21-10-19)12-4-2-3-5-13(12)22-15-6-14(16)17-9-18-15;1-13-7-11(8-14-9-12)10-5-3-2-4-6-10;5-3-1-4(6)8-2-7-3;;/h2-7,9-10H,8H2,1H3;2-5,7,9H,8H2,1H3;1-2H;;1H2/q;-1;;+1;/p-1/b2*11-7-;;;. The molecule has 2 heterocycles. The quantitative estimate of drug-likeness (QED) is 0.0698. The van der Waals surface area contributed by atoms with Gasteiger partial charge in [-0.25, -0.2) is 19.9 Å². The molecule has 0 aliphatic heterocycles. The van der Waals surface area contributed by atoms with Gasteiger partial charge in [0.25, 0.3) is 12.9 Å². The van der Waals surface area contributed by atoms with Gasteiger partial charge in [0.2, 0.25) is 5.88 Å². The molecule has 0 aliphatic carbocycles. The Labute approximate surface area is 302 Å². The minimum atomic E-state index is 0. The smallest absolute Gasteiger partial charge is 0.870 e. The molecule has 46 heavy (non-hydrogen) atoms. The predicted octanol–water partition coefficient (Wildman–Crippen LogP) is 3.34. The van der Waals surface area contributed by atoms with Crippen LogP contribution >= 0.6 is 34.8 Å². The average Bonchev–Trinajstić information content (AvgIpc) is 3.03. The van der Waals surface area contributed by atoms with Gasteiger partial charge in [-0.3, -0.25) is 9.59 Å². The van der Waals surface area contributed by atoms with Crippen LogP contribution in [0, 0.1) is 6.07 Å². The second kappa shape index (κ2) is 25.4. The van der Waals surface area contributed by atoms with Crippen molar-refractivity contribution in [3.05, 3.63) is 118 Å². The molecule has 0 saturated heterocycles. The van der Waals surface area contributed by atoms with Crippen LogP contribution in [-0.4, -0.2) is 65.8 Å². The molecule has 0 spiro atoms. The molecule has 0 unspecified atom stereocenters. The molecule has 238 valence electrons. The SMILES string of the molecule is CO/C=C(/COC=O)c1[c-]cccc1.CO/C=C(/COC=O)c1ccccc1Oc1cc(Cl)ncn1.Clc1cc(Cl)ncn1.[Na+].[OH-]. The summed E-state index contributed by atoms with van der Waals surface area (Å²) in [4.78, 5) is 35.4. The molecule has 0 radical (unpaired) electrons. The first-order chi connectivity index (χ1) is 21.4. The minimum absolute atomic E-state index is 0. The van der Waals surface area contributed by atoms with Gasteiger partial charge in [0.15, 0.2) is 0 Å². The Morgan fingerprint density at radius 1 is 0.761 bits per heavy atom. The zero-order valence-electron chi connectivity index (χ0n) is 24.9. The molecular weight excluding hydrogens is 674 g/mol. The third kappa shape index (κ3) is 16.5. The minimum Gasteiger partial charge on any atom is -0.870 e. The van der Waals surface area contributed by atoms with Gasteiger partial charge in [-0.05, 0) is 11.6 Å². The fourth-order valence-electron chi connectivity index (χ4n) is 3.09. The summed E-state index contributed by atoms with van der Waals surface area (Å²) in [6, 6.07) is 20.6. The van der Waals surface area contributed by atoms with Crippen LogP contribution in [0.4, 0.5) is 0 Å². The van der Waals surface area contributed by atoms with Crippen molar-refractivity contribution >= 4 is 58.9 Å². The number of benzene rings is 2. The molecule has 4 rings (SSSR count). The molecule has 12 nitrogen and oxygen atoms in total. The van der Waals surface area contributed by atoms with E-state index in [-0.39, 0.29) is 53.4 Å². The predicted molar refractivity (Wildman–Crippen MR) is 167 cm³/mol. The molecule has 2 aromatic heterocycles. The van der Waals surface area contributed by atoms with E-state index < -0.39 is 0 Å². The monoisotopic (exact) mass is 699 g/mol. The van der Waals surface area contributed by atoms with Crippen molar-refractivity contribution in [2.75, 3.05) is 27.4 Å². The Kier molecular flexibility index (Phi) is 23.4. The summed E-state index contributed by atoms with van der Waals surface area (Å²) in [5.74, 6) is 0.829. The largest absolute Gasteiger partial charge is 1.00 e. The summed E-state index contributed by atoms with van der Waals surface area (Å²) in [6.07, 6.45) is 5.64. The van der Waals surface area contributed by atoms with E-state index in [1.54, 1.807) is 19.2 Å². The van der Waals surface area contributed by atoms with Crippen LogP contribution < -0.4 is 34.3 Å². The first kappa shape index (κ1) is 42.2. The first-order valence-corrected chi connectivity index (χ1v) is 13.4. The molecule has 0 amide bonds. The number of methoxy groups -OCH3 is 2. The maximum absolute atomic E-state index is 10.4. The Hall–Kier alpha value is -3.75. The van der Waals surface area contributed by atoms with E-state index in [0.717, 1.165) is 11.1 Å². The molecular formula is C30H27Cl3N4NaO8-. The van der Waals surface area contributed by atoms with E-state index in [0.29, 0.717) is 46.0 Å². The van der Waals surface area contributed by atoms with Gasteiger partial charge in [-0.2, -0.15) is 0 Å². The van der Waals surface area contributed by atoms with E-state index in [4.69, 9.17) is 53.8 Å². The molecule has 2 aromatic carbocycles. The topological polar surface area (TPSA) is 162 Å². The number of halogens is 3. The van der Waals surface area contributed by atoms with Gasteiger partial charge in [-0.1, -0.05) is 53.0 Å². The van der Waals surface area contributed by atoms with E-state index in [1.807, 2.05) is 36.4 Å². The number of aromatic nitrogens is 4. The van der Waals surface area contributed by atoms with Gasteiger partial charge in [-0.15, -0.1) is 35.9 Å². The maximum atomic E-state index is 10.4. The molecule has 16 heteroatoms. The second-order valence-electron chi connectivity index (χ2n) is 7.79. The van der Waals surface area contributed by atoms with E-state index in [2.05, 4.69) is 30.7 Å². The van der Waals surface area contributed by atoms with Crippen LogP contribution in [0.25, 0.3) is 11.1 Å². The summed E-state index contributed by atoms with van der Waals surface area (Å²) in [6.45, 7) is 1.03. The van der Waals surface area contributed by atoms with Gasteiger partial charge >= 0.3 is 29.6 Å². The Morgan fingerprint density at radius 3 is 1.83 bits per heavy atom. The van der Waals surface area contributed by atoms with Crippen molar-refractivity contribution in [2.24, 2.45) is 0 Å². The number of carbonyl (C=O) groups excluding carboxylic acids is 2. The van der Waals surface area contributed by atoms with Crippen LogP contribution in [0.15, 0.2) is 85.8 Å². The number of para-hydroxylation sites is 1. The van der Waals surface area contributed by atoms with Crippen molar-refractivity contribution in [3.8, 4) is 11.6 Å². The van der Waals surface area contributed by atoms with Crippen molar-refractivity contribution in [2.45, 2.75) is 0 Å². The summed E-state index contributed by atoms with van der Waals surface area (Å²) < 4.78 is 25.1. The number of hydrogen-bond donors (Lipinski definition) is 0. The van der Waals surface area contributed by atoms with Crippen LogP contribution in [0.2, 0.25) is 15.5 Å². The number of hydrogen-bond acceptors (Lipinski definition) is 12. The van der Waals surface area contributed by atoms with Gasteiger partial charge in [0.05, 0.1) is 27.1 Å². The number of ether oxygens (including phenoxy) is 5. The molecule has 0 bridgehead atoms. The summed E-state index contributed by atoms with van der Waals surface area (Å²) in [5.41, 5.74) is 2.99. The van der Waals surface area contributed by atoms with Crippen molar-refractivity contribution < 1.29 is 68.3 Å². The number of carbonyl (C=O) groups is 2. The second-order valence-corrected chi connectivity index (χ2v) is 8.95. The zero-order valence-corrected chi connectivity index (χ0v) is 29.1. The van der Waals surface area contributed by atoms with Gasteiger partial charge < -0.3 is 29.2 Å². The average molecular weight is 701 g/mol. The van der Waals surface area contributed by atoms with Crippen molar-refractivity contribution in [1.29, 1.82) is 0 Å². The van der Waals surface area contributed by atoms with Crippen LogP contribution in [0.1, 0.15) is 11.1 Å². The van der Waals surface area contributed by atoms with Crippen molar-refractivity contribution in [1.82, 2.24) is 19.9 Å². The normalized spacial score (nSPS) is 10.1. The van der Waals surface area contributed by atoms with Crippen LogP contribution in [0.5, 0.6) is 11.6 Å². The number of nitrogens with zero attached hydrogens (tertiary/aromatic N) is 4. The fourth-order valence-corrected chi connectivity index (χ4v) is 3.58. The van der Waals surface area contributed by atoms with Crippen molar-refractivity contribution in [3.63, 3.8) is 0 Å². The summed E-state index contributed by atoms with van der Waals surface area (Å²) in [5, 5.41) is 1.01. The number of rotatable bonds is 12. The summed E-state index contributed by atoms with van der Waals surface area (Å²) >= 11 is 16.6. The zero-order chi connectivity index (χ0) is 32.0. The van der Waals surface area contributed by atoms with Gasteiger partial charge in [0, 0.05) is 29.5 Å². The Morgan fingerprint density at radius 2 is 1.30 bits per heavy atom. The third-order valence-corrected chi connectivity index (χ3v) is 5.47. The van der Waals surface area contributed by atoms with Gasteiger partial charge in [0.1, 0.15) is 40.5 Å². The molecule has 1 N–H and O–H groups in total. The first-order valence-electron chi connectivity index (χ1n) is 12.3. The summed E-state index contributed by atoms with van der Waals surface area (Å²) in [7, 11) is 3.05.